The van der Waals surface area contributed by atoms with Crippen molar-refractivity contribution in [3.8, 4) is 17.6 Å². The van der Waals surface area contributed by atoms with E-state index in [9.17, 15) is 5.11 Å². The molecule has 2 N–H and O–H groups in total. The molecule has 0 aliphatic rings. The van der Waals surface area contributed by atoms with E-state index in [0.717, 1.165) is 23.4 Å². The summed E-state index contributed by atoms with van der Waals surface area (Å²) in [6.07, 6.45) is 0.745. The van der Waals surface area contributed by atoms with Crippen molar-refractivity contribution in [2.45, 2.75) is 12.5 Å². The van der Waals surface area contributed by atoms with Crippen LogP contribution in [-0.4, -0.2) is 24.9 Å². The Kier molecular flexibility index (Phi) is 7.12. The summed E-state index contributed by atoms with van der Waals surface area (Å²) >= 11 is 0. The molecular formula is C25H25NO2. The van der Waals surface area contributed by atoms with E-state index in [-0.39, 0.29) is 18.6 Å². The van der Waals surface area contributed by atoms with Crippen LogP contribution in [0.1, 0.15) is 11.1 Å². The van der Waals surface area contributed by atoms with Gasteiger partial charge in [0.15, 0.2) is 0 Å². The van der Waals surface area contributed by atoms with E-state index in [4.69, 9.17) is 4.74 Å². The first kappa shape index (κ1) is 19.5. The van der Waals surface area contributed by atoms with Gasteiger partial charge in [-0.2, -0.15) is 0 Å². The van der Waals surface area contributed by atoms with Crippen molar-refractivity contribution in [3.05, 3.63) is 96.1 Å². The lowest BCUT2D eigenvalue weighted by molar-refractivity contribution is 0.221. The molecule has 0 radical (unpaired) electrons. The van der Waals surface area contributed by atoms with Crippen molar-refractivity contribution in [1.82, 2.24) is 0 Å². The summed E-state index contributed by atoms with van der Waals surface area (Å²) in [4.78, 5) is 0. The third kappa shape index (κ3) is 5.64. The fourth-order valence-corrected chi connectivity index (χ4v) is 3.03. The van der Waals surface area contributed by atoms with Gasteiger partial charge < -0.3 is 15.2 Å². The van der Waals surface area contributed by atoms with Gasteiger partial charge >= 0.3 is 0 Å². The van der Waals surface area contributed by atoms with Crippen molar-refractivity contribution < 1.29 is 9.84 Å². The molecular weight excluding hydrogens is 346 g/mol. The molecule has 142 valence electrons. The molecule has 3 heteroatoms. The van der Waals surface area contributed by atoms with Crippen molar-refractivity contribution in [3.63, 3.8) is 0 Å². The minimum absolute atomic E-state index is 0.0410. The molecule has 0 saturated heterocycles. The van der Waals surface area contributed by atoms with E-state index in [0.29, 0.717) is 0 Å². The monoisotopic (exact) mass is 371 g/mol. The van der Waals surface area contributed by atoms with Crippen LogP contribution in [0.3, 0.4) is 0 Å². The van der Waals surface area contributed by atoms with Crippen LogP contribution >= 0.6 is 0 Å². The van der Waals surface area contributed by atoms with Gasteiger partial charge in [-0.3, -0.25) is 0 Å². The Hall–Kier alpha value is -3.22. The highest BCUT2D eigenvalue weighted by molar-refractivity contribution is 5.49. The lowest BCUT2D eigenvalue weighted by Gasteiger charge is -2.24. The number of methoxy groups -OCH3 is 1. The molecule has 1 unspecified atom stereocenters. The highest BCUT2D eigenvalue weighted by Crippen LogP contribution is 2.20. The highest BCUT2D eigenvalue weighted by atomic mass is 16.5. The molecule has 0 heterocycles. The van der Waals surface area contributed by atoms with E-state index >= 15 is 0 Å². The molecule has 0 saturated carbocycles. The smallest absolute Gasteiger partial charge is 0.119 e. The molecule has 0 aliphatic heterocycles. The zero-order valence-corrected chi connectivity index (χ0v) is 16.0. The van der Waals surface area contributed by atoms with Crippen LogP contribution < -0.4 is 10.1 Å². The molecule has 3 nitrogen and oxygen atoms in total. The van der Waals surface area contributed by atoms with E-state index in [1.165, 1.54) is 5.56 Å². The van der Waals surface area contributed by atoms with Crippen LogP contribution in [0.5, 0.6) is 5.75 Å². The number of nitrogens with one attached hydrogen (secondary N) is 1. The molecule has 0 aromatic heterocycles. The highest BCUT2D eigenvalue weighted by Gasteiger charge is 2.20. The molecule has 3 rings (SSSR count). The minimum Gasteiger partial charge on any atom is -0.497 e. The van der Waals surface area contributed by atoms with E-state index in [2.05, 4.69) is 29.3 Å². The maximum Gasteiger partial charge on any atom is 0.119 e. The van der Waals surface area contributed by atoms with Crippen molar-refractivity contribution in [2.75, 3.05) is 19.0 Å². The van der Waals surface area contributed by atoms with Crippen LogP contribution in [0.15, 0.2) is 84.9 Å². The molecule has 0 aliphatic carbocycles. The van der Waals surface area contributed by atoms with Gasteiger partial charge in [0, 0.05) is 23.8 Å². The van der Waals surface area contributed by atoms with Crippen LogP contribution in [0.2, 0.25) is 0 Å². The minimum atomic E-state index is -0.196. The predicted octanol–water partition coefficient (Wildman–Crippen LogP) is 4.38. The first-order valence-electron chi connectivity index (χ1n) is 9.40. The fourth-order valence-electron chi connectivity index (χ4n) is 3.03. The number of anilines is 1. The van der Waals surface area contributed by atoms with Crippen molar-refractivity contribution in [1.29, 1.82) is 0 Å². The van der Waals surface area contributed by atoms with Crippen LogP contribution in [0.4, 0.5) is 5.69 Å². The van der Waals surface area contributed by atoms with Gasteiger partial charge in [-0.25, -0.2) is 0 Å². The molecule has 3 aromatic carbocycles. The van der Waals surface area contributed by atoms with E-state index in [1.807, 2.05) is 72.8 Å². The summed E-state index contributed by atoms with van der Waals surface area (Å²) in [5, 5.41) is 13.6. The number of aliphatic hydroxyl groups excluding tert-OH is 1. The van der Waals surface area contributed by atoms with Gasteiger partial charge in [-0.05, 0) is 48.4 Å². The Morgan fingerprint density at radius 3 is 2.14 bits per heavy atom. The van der Waals surface area contributed by atoms with Gasteiger partial charge in [0.25, 0.3) is 0 Å². The van der Waals surface area contributed by atoms with Gasteiger partial charge in [0.05, 0.1) is 13.2 Å². The lowest BCUT2D eigenvalue weighted by atomic mass is 9.92. The standard InChI is InChI=1S/C25H25NO2/c1-28-24-15-13-23(14-16-24)26-25(17-12-20-8-4-2-5-9-20)22(19-27)18-21-10-6-3-7-11-21/h2-11,13-16,22,25-27H,18-19H2,1H3/t22-,25?/m1/s1. The molecule has 3 aromatic rings. The van der Waals surface area contributed by atoms with Crippen LogP contribution in [0, 0.1) is 17.8 Å². The van der Waals surface area contributed by atoms with Gasteiger partial charge in [0.1, 0.15) is 5.75 Å². The second-order valence-electron chi connectivity index (χ2n) is 6.62. The van der Waals surface area contributed by atoms with Gasteiger partial charge in [0.2, 0.25) is 0 Å². The maximum atomic E-state index is 10.1. The van der Waals surface area contributed by atoms with Crippen molar-refractivity contribution >= 4 is 5.69 Å². The fraction of sp³-hybridized carbons (Fsp3) is 0.200. The summed E-state index contributed by atoms with van der Waals surface area (Å²) in [7, 11) is 1.65. The lowest BCUT2D eigenvalue weighted by Crippen LogP contribution is -2.32. The summed E-state index contributed by atoms with van der Waals surface area (Å²) in [5.41, 5.74) is 3.09. The number of hydrogen-bond donors (Lipinski definition) is 2. The zero-order valence-electron chi connectivity index (χ0n) is 16.0. The summed E-state index contributed by atoms with van der Waals surface area (Å²) in [5.74, 6) is 7.34. The SMILES string of the molecule is COc1ccc(NC(C#Cc2ccccc2)[C@@H](CO)Cc2ccccc2)cc1. The Balaban J connectivity index is 1.84. The topological polar surface area (TPSA) is 41.5 Å². The van der Waals surface area contributed by atoms with E-state index < -0.39 is 0 Å². The number of aliphatic hydroxyl groups is 1. The van der Waals surface area contributed by atoms with Crippen LogP contribution in [0.25, 0.3) is 0 Å². The first-order valence-corrected chi connectivity index (χ1v) is 9.40. The predicted molar refractivity (Wildman–Crippen MR) is 114 cm³/mol. The largest absolute Gasteiger partial charge is 0.497 e. The van der Waals surface area contributed by atoms with Crippen LogP contribution in [-0.2, 0) is 6.42 Å². The number of benzene rings is 3. The Labute approximate surface area is 167 Å². The maximum absolute atomic E-state index is 10.1. The number of hydrogen-bond acceptors (Lipinski definition) is 3. The van der Waals surface area contributed by atoms with Crippen molar-refractivity contribution in [2.24, 2.45) is 5.92 Å². The average molecular weight is 371 g/mol. The average Bonchev–Trinajstić information content (AvgIpc) is 2.77. The van der Waals surface area contributed by atoms with Gasteiger partial charge in [-0.15, -0.1) is 0 Å². The second-order valence-corrected chi connectivity index (χ2v) is 6.62. The normalized spacial score (nSPS) is 12.4. The first-order chi connectivity index (χ1) is 13.8. The number of rotatable bonds is 7. The third-order valence-corrected chi connectivity index (χ3v) is 4.60. The molecule has 0 bridgehead atoms. The summed E-state index contributed by atoms with van der Waals surface area (Å²) < 4.78 is 5.23. The molecule has 28 heavy (non-hydrogen) atoms. The Morgan fingerprint density at radius 2 is 1.54 bits per heavy atom. The number of ether oxygens (including phenoxy) is 1. The third-order valence-electron chi connectivity index (χ3n) is 4.60. The quantitative estimate of drug-likeness (QED) is 0.606. The summed E-state index contributed by atoms with van der Waals surface area (Å²) in [6, 6.07) is 27.7. The second kappa shape index (κ2) is 10.2. The molecule has 0 spiro atoms. The Morgan fingerprint density at radius 1 is 0.893 bits per heavy atom. The molecule has 2 atom stereocenters. The van der Waals surface area contributed by atoms with Gasteiger partial charge in [-0.1, -0.05) is 60.4 Å². The zero-order chi connectivity index (χ0) is 19.6. The Bertz CT molecular complexity index is 896. The van der Waals surface area contributed by atoms with E-state index in [1.54, 1.807) is 7.11 Å². The molecule has 0 amide bonds. The molecule has 0 fully saturated rings. The summed E-state index contributed by atoms with van der Waals surface area (Å²) in [6.45, 7) is 0.0478.